The number of fused-ring (bicyclic) bond motifs is 6. The molecule has 0 radical (unpaired) electrons. The van der Waals surface area contributed by atoms with Crippen LogP contribution in [0.3, 0.4) is 0 Å². The summed E-state index contributed by atoms with van der Waals surface area (Å²) >= 11 is 0. The summed E-state index contributed by atoms with van der Waals surface area (Å²) in [4.78, 5) is 0. The molecule has 10 rings (SSSR count). The van der Waals surface area contributed by atoms with Gasteiger partial charge < -0.3 is 4.42 Å². The topological polar surface area (TPSA) is 13.1 Å². The summed E-state index contributed by atoms with van der Waals surface area (Å²) in [5.41, 5.74) is 4.60. The maximum Gasteiger partial charge on any atom is 0.143 e. The molecule has 0 saturated carbocycles. The Bertz CT molecular complexity index is 3240. The van der Waals surface area contributed by atoms with Crippen LogP contribution in [0.2, 0.25) is 0 Å². The van der Waals surface area contributed by atoms with E-state index in [4.69, 9.17) is 9.90 Å². The van der Waals surface area contributed by atoms with E-state index in [-0.39, 0.29) is 51.3 Å². The van der Waals surface area contributed by atoms with Crippen molar-refractivity contribution in [2.45, 2.75) is 0 Å². The first-order valence-electron chi connectivity index (χ1n) is 20.2. The molecule has 0 amide bonds. The van der Waals surface area contributed by atoms with E-state index in [1.807, 2.05) is 84.9 Å². The lowest BCUT2D eigenvalue weighted by Gasteiger charge is -2.18. The van der Waals surface area contributed by atoms with E-state index in [0.717, 1.165) is 32.7 Å². The predicted molar refractivity (Wildman–Crippen MR) is 208 cm³/mol. The zero-order valence-corrected chi connectivity index (χ0v) is 26.1. The first kappa shape index (κ1) is 20.7. The maximum atomic E-state index is 9.55. The molecular weight excluding hydrogens is 593 g/mol. The summed E-state index contributed by atoms with van der Waals surface area (Å²) in [6.07, 6.45) is 0. The van der Waals surface area contributed by atoms with Crippen LogP contribution in [-0.2, 0) is 0 Å². The number of hydrogen-bond donors (Lipinski definition) is 0. The highest BCUT2D eigenvalue weighted by Gasteiger charge is 2.24. The molecule has 1 nitrogen and oxygen atoms in total. The van der Waals surface area contributed by atoms with Gasteiger partial charge in [0.05, 0.1) is 11.0 Å². The van der Waals surface area contributed by atoms with Crippen molar-refractivity contribution < 1.29 is 15.4 Å². The minimum atomic E-state index is -0.454. The molecule has 0 unspecified atom stereocenters. The molecule has 0 N–H and O–H groups in total. The number of furan rings is 1. The number of rotatable bonds is 4. The van der Waals surface area contributed by atoms with Crippen molar-refractivity contribution >= 4 is 54.1 Å². The van der Waals surface area contributed by atoms with Gasteiger partial charge >= 0.3 is 0 Å². The minimum absolute atomic E-state index is 0.137. The van der Waals surface area contributed by atoms with Crippen LogP contribution in [0.15, 0.2) is 186 Å². The van der Waals surface area contributed by atoms with Crippen molar-refractivity contribution in [2.24, 2.45) is 0 Å². The zero-order valence-electron chi connectivity index (χ0n) is 34.1. The Morgan fingerprint density at radius 1 is 0.347 bits per heavy atom. The summed E-state index contributed by atoms with van der Waals surface area (Å²) in [5.74, 6) is 0.403. The van der Waals surface area contributed by atoms with Crippen molar-refractivity contribution in [3.63, 3.8) is 0 Å². The van der Waals surface area contributed by atoms with Gasteiger partial charge in [0, 0.05) is 22.1 Å². The van der Waals surface area contributed by atoms with Crippen LogP contribution < -0.4 is 0 Å². The monoisotopic (exact) mass is 630 g/mol. The zero-order chi connectivity index (χ0) is 39.3. The van der Waals surface area contributed by atoms with Crippen molar-refractivity contribution in [1.29, 1.82) is 0 Å². The molecule has 1 aromatic heterocycles. The Morgan fingerprint density at radius 3 is 1.63 bits per heavy atom. The summed E-state index contributed by atoms with van der Waals surface area (Å²) in [7, 11) is 0. The first-order chi connectivity index (χ1) is 27.6. The van der Waals surface area contributed by atoms with Gasteiger partial charge in [-0.15, -0.1) is 0 Å². The molecule has 0 atom stereocenters. The molecule has 1 heteroatoms. The normalized spacial score (nSPS) is 14.0. The summed E-state index contributed by atoms with van der Waals surface area (Å²) in [5, 5.41) is 5.42. The molecule has 0 aliphatic heterocycles. The van der Waals surface area contributed by atoms with Gasteiger partial charge in [0.2, 0.25) is 0 Å². The standard InChI is InChI=1S/C48H30O/c1-3-13-31(14-4-1)34-26-28-44-43(30-34)47(48(49-44)36-25-27-38-35(29-36)24-23-32-15-7-8-18-37(32)38)46-41-21-11-9-19-39(41)45(33-16-5-2-6-17-33)40-20-10-12-22-42(40)46/h1-30H/i9D,10D,11D,12D,19D,20D,21D,22D. The fraction of sp³-hybridized carbons (Fsp3) is 0. The lowest BCUT2D eigenvalue weighted by Crippen LogP contribution is -1.91. The van der Waals surface area contributed by atoms with Gasteiger partial charge in [0.1, 0.15) is 11.3 Å². The highest BCUT2D eigenvalue weighted by molar-refractivity contribution is 6.25. The Labute approximate surface area is 295 Å². The lowest BCUT2D eigenvalue weighted by molar-refractivity contribution is 0.632. The van der Waals surface area contributed by atoms with Crippen LogP contribution in [-0.4, -0.2) is 0 Å². The molecule has 0 saturated heterocycles. The molecule has 10 aromatic rings. The summed E-state index contributed by atoms with van der Waals surface area (Å²) in [6, 6.07) is 40.0. The molecule has 9 aromatic carbocycles. The molecule has 0 aliphatic carbocycles. The van der Waals surface area contributed by atoms with Gasteiger partial charge in [-0.1, -0.05) is 164 Å². The van der Waals surface area contributed by atoms with Gasteiger partial charge in [-0.25, -0.2) is 0 Å². The van der Waals surface area contributed by atoms with Gasteiger partial charge in [-0.3, -0.25) is 0 Å². The highest BCUT2D eigenvalue weighted by Crippen LogP contribution is 2.50. The third kappa shape index (κ3) is 4.40. The second-order valence-electron chi connectivity index (χ2n) is 12.2. The van der Waals surface area contributed by atoms with E-state index in [2.05, 4.69) is 24.3 Å². The first-order valence-corrected chi connectivity index (χ1v) is 16.2. The van der Waals surface area contributed by atoms with Gasteiger partial charge in [0.15, 0.2) is 0 Å². The number of benzene rings is 9. The summed E-state index contributed by atoms with van der Waals surface area (Å²) in [6.45, 7) is 0. The number of hydrogen-bond acceptors (Lipinski definition) is 1. The largest absolute Gasteiger partial charge is 0.455 e. The van der Waals surface area contributed by atoms with Crippen molar-refractivity contribution in [3.8, 4) is 44.7 Å². The van der Waals surface area contributed by atoms with Crippen LogP contribution in [0.1, 0.15) is 11.0 Å². The van der Waals surface area contributed by atoms with Gasteiger partial charge in [-0.05, 0) is 83.5 Å². The van der Waals surface area contributed by atoms with E-state index < -0.39 is 24.2 Å². The maximum absolute atomic E-state index is 9.55. The second kappa shape index (κ2) is 11.1. The Morgan fingerprint density at radius 2 is 0.918 bits per heavy atom. The van der Waals surface area contributed by atoms with Crippen LogP contribution in [0, 0.1) is 0 Å². The predicted octanol–water partition coefficient (Wildman–Crippen LogP) is 13.7. The Kier molecular flexibility index (Phi) is 4.69. The van der Waals surface area contributed by atoms with E-state index in [9.17, 15) is 5.48 Å². The quantitative estimate of drug-likeness (QED) is 0.139. The second-order valence-corrected chi connectivity index (χ2v) is 12.2. The Balaban J connectivity index is 1.46. The van der Waals surface area contributed by atoms with Crippen LogP contribution in [0.5, 0.6) is 0 Å². The molecule has 0 fully saturated rings. The van der Waals surface area contributed by atoms with Crippen LogP contribution >= 0.6 is 0 Å². The van der Waals surface area contributed by atoms with E-state index in [1.54, 1.807) is 24.3 Å². The SMILES string of the molecule is [2H]c1c([2H])c([2H])c2c(-c3c(-c4ccc5c(ccc6ccccc65)c4)oc4ccc(-c5ccccc5)cc34)c3c([2H])c([2H])c([2H])c([2H])c3c(-c3ccccc3)c2c1[2H]. The molecule has 228 valence electrons. The Hall–Kier alpha value is -6.44. The minimum Gasteiger partial charge on any atom is -0.455 e. The third-order valence-electron chi connectivity index (χ3n) is 9.49. The average Bonchev–Trinajstić information content (AvgIpc) is 3.64. The smallest absolute Gasteiger partial charge is 0.143 e. The molecule has 49 heavy (non-hydrogen) atoms. The fourth-order valence-electron chi connectivity index (χ4n) is 7.28. The molecule has 0 bridgehead atoms. The summed E-state index contributed by atoms with van der Waals surface area (Å²) < 4.78 is 80.4. The van der Waals surface area contributed by atoms with Gasteiger partial charge in [-0.2, -0.15) is 0 Å². The van der Waals surface area contributed by atoms with E-state index in [0.29, 0.717) is 39.0 Å². The molecule has 1 heterocycles. The van der Waals surface area contributed by atoms with Crippen molar-refractivity contribution in [3.05, 3.63) is 182 Å². The molecule has 0 spiro atoms. The lowest BCUT2D eigenvalue weighted by atomic mass is 9.84. The van der Waals surface area contributed by atoms with Crippen LogP contribution in [0.25, 0.3) is 98.8 Å². The van der Waals surface area contributed by atoms with E-state index >= 15 is 0 Å². The fourth-order valence-corrected chi connectivity index (χ4v) is 7.28. The van der Waals surface area contributed by atoms with Gasteiger partial charge in [0.25, 0.3) is 0 Å². The van der Waals surface area contributed by atoms with E-state index in [1.165, 1.54) is 0 Å². The highest BCUT2D eigenvalue weighted by atomic mass is 16.3. The average molecular weight is 631 g/mol. The third-order valence-corrected chi connectivity index (χ3v) is 9.49. The molecule has 0 aliphatic rings. The van der Waals surface area contributed by atoms with Crippen LogP contribution in [0.4, 0.5) is 0 Å². The van der Waals surface area contributed by atoms with Crippen molar-refractivity contribution in [2.75, 3.05) is 0 Å². The van der Waals surface area contributed by atoms with Crippen molar-refractivity contribution in [1.82, 2.24) is 0 Å². The molecular formula is C48H30O.